The molecule has 0 aliphatic carbocycles. The SMILES string of the molecule is O=c1c(Cl)c(Cl)cnn1Cc1nnc(-c2cccs2)o1. The number of nitrogens with zero attached hydrogens (tertiary/aromatic N) is 4. The lowest BCUT2D eigenvalue weighted by Crippen LogP contribution is -2.23. The largest absolute Gasteiger partial charge is 0.418 e. The van der Waals surface area contributed by atoms with Gasteiger partial charge < -0.3 is 4.42 Å². The first-order valence-electron chi connectivity index (χ1n) is 5.42. The number of thiophene rings is 1. The Balaban J connectivity index is 1.89. The summed E-state index contributed by atoms with van der Waals surface area (Å²) in [6.07, 6.45) is 1.29. The van der Waals surface area contributed by atoms with Gasteiger partial charge in [-0.25, -0.2) is 4.68 Å². The smallest absolute Gasteiger partial charge is 0.287 e. The van der Waals surface area contributed by atoms with Gasteiger partial charge in [0, 0.05) is 0 Å². The standard InChI is InChI=1S/C11H6Cl2N4O2S/c12-6-4-14-17(11(18)9(6)13)5-8-15-16-10(19-8)7-2-1-3-20-7/h1-4H,5H2. The van der Waals surface area contributed by atoms with Gasteiger partial charge in [0.15, 0.2) is 0 Å². The van der Waals surface area contributed by atoms with Crippen LogP contribution in [0.4, 0.5) is 0 Å². The van der Waals surface area contributed by atoms with E-state index in [2.05, 4.69) is 15.3 Å². The Kier molecular flexibility index (Phi) is 3.56. The van der Waals surface area contributed by atoms with Crippen molar-refractivity contribution in [2.45, 2.75) is 6.54 Å². The molecule has 3 aromatic heterocycles. The van der Waals surface area contributed by atoms with E-state index in [1.165, 1.54) is 17.5 Å². The summed E-state index contributed by atoms with van der Waals surface area (Å²) >= 11 is 13.0. The van der Waals surface area contributed by atoms with E-state index in [9.17, 15) is 4.79 Å². The van der Waals surface area contributed by atoms with Gasteiger partial charge in [-0.3, -0.25) is 4.79 Å². The molecule has 0 saturated carbocycles. The summed E-state index contributed by atoms with van der Waals surface area (Å²) in [5.41, 5.74) is -0.505. The lowest BCUT2D eigenvalue weighted by Gasteiger charge is -2.01. The molecule has 0 aliphatic rings. The number of halogens is 2. The van der Waals surface area contributed by atoms with Gasteiger partial charge in [0.25, 0.3) is 11.4 Å². The van der Waals surface area contributed by atoms with E-state index in [1.54, 1.807) is 0 Å². The molecule has 0 N–H and O–H groups in total. The van der Waals surface area contributed by atoms with Gasteiger partial charge in [0.1, 0.15) is 11.6 Å². The Morgan fingerprint density at radius 1 is 1.35 bits per heavy atom. The topological polar surface area (TPSA) is 73.8 Å². The predicted molar refractivity (Wildman–Crippen MR) is 75.2 cm³/mol. The van der Waals surface area contributed by atoms with Gasteiger partial charge in [0.05, 0.1) is 16.1 Å². The summed E-state index contributed by atoms with van der Waals surface area (Å²) in [5, 5.41) is 13.6. The van der Waals surface area contributed by atoms with Crippen molar-refractivity contribution in [3.63, 3.8) is 0 Å². The lowest BCUT2D eigenvalue weighted by molar-refractivity contribution is 0.466. The summed E-state index contributed by atoms with van der Waals surface area (Å²) in [6.45, 7) is 0.0358. The summed E-state index contributed by atoms with van der Waals surface area (Å²) < 4.78 is 6.58. The van der Waals surface area contributed by atoms with E-state index >= 15 is 0 Å². The first-order valence-corrected chi connectivity index (χ1v) is 7.06. The van der Waals surface area contributed by atoms with Crippen molar-refractivity contribution in [1.29, 1.82) is 0 Å². The average molecular weight is 329 g/mol. The highest BCUT2D eigenvalue weighted by Crippen LogP contribution is 2.23. The minimum absolute atomic E-state index is 0.0358. The van der Waals surface area contributed by atoms with Crippen LogP contribution < -0.4 is 5.56 Å². The van der Waals surface area contributed by atoms with Crippen molar-refractivity contribution in [1.82, 2.24) is 20.0 Å². The molecule has 0 aliphatic heterocycles. The molecule has 0 spiro atoms. The van der Waals surface area contributed by atoms with E-state index < -0.39 is 5.56 Å². The molecule has 0 bridgehead atoms. The molecule has 3 heterocycles. The number of hydrogen-bond donors (Lipinski definition) is 0. The second-order valence-corrected chi connectivity index (χ2v) is 5.48. The Hall–Kier alpha value is -1.70. The van der Waals surface area contributed by atoms with Crippen LogP contribution >= 0.6 is 34.5 Å². The molecule has 0 fully saturated rings. The van der Waals surface area contributed by atoms with E-state index in [-0.39, 0.29) is 22.5 Å². The third-order valence-electron chi connectivity index (χ3n) is 2.43. The fourth-order valence-electron chi connectivity index (χ4n) is 1.50. The molecule has 0 radical (unpaired) electrons. The quantitative estimate of drug-likeness (QED) is 0.739. The molecule has 0 aromatic carbocycles. The summed E-state index contributed by atoms with van der Waals surface area (Å²) in [6, 6.07) is 3.75. The van der Waals surface area contributed by atoms with Gasteiger partial charge in [-0.05, 0) is 11.4 Å². The predicted octanol–water partition coefficient (Wildman–Crippen LogP) is 2.71. The number of hydrogen-bond acceptors (Lipinski definition) is 6. The number of aromatic nitrogens is 4. The van der Waals surface area contributed by atoms with Crippen molar-refractivity contribution < 1.29 is 4.42 Å². The number of rotatable bonds is 3. The summed E-state index contributed by atoms with van der Waals surface area (Å²) in [5.74, 6) is 0.671. The van der Waals surface area contributed by atoms with Crippen molar-refractivity contribution in [2.75, 3.05) is 0 Å². The van der Waals surface area contributed by atoms with Crippen molar-refractivity contribution in [3.05, 3.63) is 50.0 Å². The third-order valence-corrected chi connectivity index (χ3v) is 4.03. The van der Waals surface area contributed by atoms with Crippen LogP contribution in [-0.2, 0) is 6.54 Å². The second-order valence-electron chi connectivity index (χ2n) is 3.75. The van der Waals surface area contributed by atoms with Gasteiger partial charge in [-0.1, -0.05) is 29.3 Å². The third kappa shape index (κ3) is 2.47. The summed E-state index contributed by atoms with van der Waals surface area (Å²) in [4.78, 5) is 12.7. The van der Waals surface area contributed by atoms with Gasteiger partial charge in [-0.2, -0.15) is 5.10 Å². The molecule has 3 rings (SSSR count). The van der Waals surface area contributed by atoms with Gasteiger partial charge >= 0.3 is 0 Å². The van der Waals surface area contributed by atoms with E-state index in [1.807, 2.05) is 17.5 Å². The van der Waals surface area contributed by atoms with E-state index in [0.29, 0.717) is 5.89 Å². The van der Waals surface area contributed by atoms with Crippen molar-refractivity contribution in [3.8, 4) is 10.8 Å². The lowest BCUT2D eigenvalue weighted by atomic mass is 10.5. The fourth-order valence-corrected chi connectivity index (χ4v) is 2.42. The van der Waals surface area contributed by atoms with Crippen LogP contribution in [0.5, 0.6) is 0 Å². The zero-order chi connectivity index (χ0) is 14.1. The average Bonchev–Trinajstić information content (AvgIpc) is 3.10. The second kappa shape index (κ2) is 5.35. The highest BCUT2D eigenvalue weighted by Gasteiger charge is 2.13. The molecule has 0 amide bonds. The van der Waals surface area contributed by atoms with Crippen LogP contribution in [-0.4, -0.2) is 20.0 Å². The van der Waals surface area contributed by atoms with E-state index in [4.69, 9.17) is 27.6 Å². The molecule has 9 heteroatoms. The first-order chi connectivity index (χ1) is 9.65. The van der Waals surface area contributed by atoms with Crippen LogP contribution in [0.1, 0.15) is 5.89 Å². The molecular weight excluding hydrogens is 323 g/mol. The van der Waals surface area contributed by atoms with Gasteiger partial charge in [0.2, 0.25) is 5.89 Å². The van der Waals surface area contributed by atoms with Gasteiger partial charge in [-0.15, -0.1) is 21.5 Å². The Bertz CT molecular complexity index is 797. The van der Waals surface area contributed by atoms with Crippen molar-refractivity contribution >= 4 is 34.5 Å². The van der Waals surface area contributed by atoms with Crippen LogP contribution in [0.2, 0.25) is 10.0 Å². The molecule has 6 nitrogen and oxygen atoms in total. The minimum Gasteiger partial charge on any atom is -0.418 e. The monoisotopic (exact) mass is 328 g/mol. The van der Waals surface area contributed by atoms with Crippen LogP contribution in [0.3, 0.4) is 0 Å². The van der Waals surface area contributed by atoms with E-state index in [0.717, 1.165) is 9.56 Å². The molecule has 0 saturated heterocycles. The van der Waals surface area contributed by atoms with Crippen LogP contribution in [0.25, 0.3) is 10.8 Å². The Labute approximate surface area is 126 Å². The molecular formula is C11H6Cl2N4O2S. The Morgan fingerprint density at radius 3 is 2.95 bits per heavy atom. The molecule has 102 valence electrons. The van der Waals surface area contributed by atoms with Crippen molar-refractivity contribution in [2.24, 2.45) is 0 Å². The maximum atomic E-state index is 11.8. The molecule has 0 unspecified atom stereocenters. The molecule has 0 atom stereocenters. The normalized spacial score (nSPS) is 10.9. The maximum Gasteiger partial charge on any atom is 0.287 e. The summed E-state index contributed by atoms with van der Waals surface area (Å²) in [7, 11) is 0. The first kappa shape index (κ1) is 13.3. The highest BCUT2D eigenvalue weighted by atomic mass is 35.5. The zero-order valence-corrected chi connectivity index (χ0v) is 12.1. The van der Waals surface area contributed by atoms with Crippen LogP contribution in [0, 0.1) is 0 Å². The van der Waals surface area contributed by atoms with Crippen LogP contribution in [0.15, 0.2) is 32.9 Å². The fraction of sp³-hybridized carbons (Fsp3) is 0.0909. The minimum atomic E-state index is -0.505. The molecule has 20 heavy (non-hydrogen) atoms. The highest BCUT2D eigenvalue weighted by molar-refractivity contribution is 7.13. The Morgan fingerprint density at radius 2 is 2.20 bits per heavy atom. The molecule has 3 aromatic rings. The maximum absolute atomic E-state index is 11.8. The zero-order valence-electron chi connectivity index (χ0n) is 9.79.